The number of carbonyl (C=O) groups excluding carboxylic acids is 1. The summed E-state index contributed by atoms with van der Waals surface area (Å²) in [6, 6.07) is 13.8. The molecule has 2 aromatic rings. The summed E-state index contributed by atoms with van der Waals surface area (Å²) in [7, 11) is 0. The molecule has 24 heavy (non-hydrogen) atoms. The first-order valence-electron chi connectivity index (χ1n) is 8.57. The molecule has 3 rings (SSSR count). The number of anilines is 1. The van der Waals surface area contributed by atoms with Crippen molar-refractivity contribution < 1.29 is 9.53 Å². The second-order valence-electron chi connectivity index (χ2n) is 6.20. The van der Waals surface area contributed by atoms with Crippen molar-refractivity contribution in [3.63, 3.8) is 0 Å². The van der Waals surface area contributed by atoms with Crippen LogP contribution < -0.4 is 15.4 Å². The molecule has 2 N–H and O–H groups in total. The van der Waals surface area contributed by atoms with Crippen LogP contribution in [0.2, 0.25) is 0 Å². The van der Waals surface area contributed by atoms with Crippen LogP contribution >= 0.6 is 0 Å². The third-order valence-electron chi connectivity index (χ3n) is 4.27. The van der Waals surface area contributed by atoms with Gasteiger partial charge in [-0.3, -0.25) is 0 Å². The number of amides is 2. The Balaban J connectivity index is 1.45. The maximum Gasteiger partial charge on any atom is 0.319 e. The van der Waals surface area contributed by atoms with Crippen LogP contribution in [0.15, 0.2) is 42.5 Å². The number of ether oxygens (including phenoxy) is 1. The van der Waals surface area contributed by atoms with E-state index in [4.69, 9.17) is 4.74 Å². The predicted octanol–water partition coefficient (Wildman–Crippen LogP) is 4.07. The van der Waals surface area contributed by atoms with E-state index in [-0.39, 0.29) is 6.03 Å². The summed E-state index contributed by atoms with van der Waals surface area (Å²) in [5.41, 5.74) is 4.66. The molecule has 0 fully saturated rings. The molecular weight excluding hydrogens is 300 g/mol. The van der Waals surface area contributed by atoms with Gasteiger partial charge < -0.3 is 15.4 Å². The maximum atomic E-state index is 11.9. The minimum Gasteiger partial charge on any atom is -0.491 e. The van der Waals surface area contributed by atoms with E-state index in [9.17, 15) is 4.79 Å². The van der Waals surface area contributed by atoms with E-state index in [1.165, 1.54) is 24.0 Å². The standard InChI is InChI=1S/C20H24N2O2/c1-15-6-4-9-17(14-15)22-20(23)21-12-13-24-19-11-5-8-16-7-2-3-10-18(16)19/h4-6,8-9,11,14H,2-3,7,10,12-13H2,1H3,(H2,21,22,23). The van der Waals surface area contributed by atoms with Gasteiger partial charge in [0, 0.05) is 5.69 Å². The summed E-state index contributed by atoms with van der Waals surface area (Å²) in [4.78, 5) is 11.9. The minimum absolute atomic E-state index is 0.209. The van der Waals surface area contributed by atoms with Crippen LogP contribution in [0.1, 0.15) is 29.5 Å². The Kier molecular flexibility index (Phi) is 5.36. The molecule has 4 nitrogen and oxygen atoms in total. The molecular formula is C20H24N2O2. The first-order chi connectivity index (χ1) is 11.7. The Morgan fingerprint density at radius 1 is 1.12 bits per heavy atom. The van der Waals surface area contributed by atoms with E-state index in [2.05, 4.69) is 22.8 Å². The molecule has 0 spiro atoms. The number of nitrogens with one attached hydrogen (secondary N) is 2. The van der Waals surface area contributed by atoms with Gasteiger partial charge in [0.05, 0.1) is 6.54 Å². The second kappa shape index (κ2) is 7.86. The van der Waals surface area contributed by atoms with E-state index in [1.807, 2.05) is 37.3 Å². The molecule has 0 bridgehead atoms. The SMILES string of the molecule is Cc1cccc(NC(=O)NCCOc2cccc3c2CCCC3)c1. The van der Waals surface area contributed by atoms with E-state index in [0.29, 0.717) is 13.2 Å². The van der Waals surface area contributed by atoms with Crippen molar-refractivity contribution >= 4 is 11.7 Å². The van der Waals surface area contributed by atoms with Crippen molar-refractivity contribution in [1.82, 2.24) is 5.32 Å². The first kappa shape index (κ1) is 16.4. The molecule has 0 saturated carbocycles. The summed E-state index contributed by atoms with van der Waals surface area (Å²) in [6.45, 7) is 2.94. The molecule has 126 valence electrons. The highest BCUT2D eigenvalue weighted by Gasteiger charge is 2.13. The molecule has 0 unspecified atom stereocenters. The van der Waals surface area contributed by atoms with Crippen molar-refractivity contribution in [1.29, 1.82) is 0 Å². The van der Waals surface area contributed by atoms with Crippen LogP contribution in [0, 0.1) is 6.92 Å². The number of rotatable bonds is 5. The van der Waals surface area contributed by atoms with Gasteiger partial charge in [0.2, 0.25) is 0 Å². The van der Waals surface area contributed by atoms with Gasteiger partial charge in [-0.2, -0.15) is 0 Å². The molecule has 1 aliphatic carbocycles. The van der Waals surface area contributed by atoms with Crippen molar-refractivity contribution in [3.05, 3.63) is 59.2 Å². The van der Waals surface area contributed by atoms with Crippen LogP contribution in [0.5, 0.6) is 5.75 Å². The fourth-order valence-electron chi connectivity index (χ4n) is 3.11. The minimum atomic E-state index is -0.209. The van der Waals surface area contributed by atoms with Gasteiger partial charge in [0.1, 0.15) is 12.4 Å². The van der Waals surface area contributed by atoms with E-state index < -0.39 is 0 Å². The Morgan fingerprint density at radius 2 is 1.96 bits per heavy atom. The van der Waals surface area contributed by atoms with Crippen molar-refractivity contribution in [3.8, 4) is 5.75 Å². The molecule has 0 atom stereocenters. The molecule has 2 aromatic carbocycles. The van der Waals surface area contributed by atoms with Gasteiger partial charge in [0.25, 0.3) is 0 Å². The highest BCUT2D eigenvalue weighted by Crippen LogP contribution is 2.29. The van der Waals surface area contributed by atoms with E-state index in [1.54, 1.807) is 0 Å². The second-order valence-corrected chi connectivity index (χ2v) is 6.20. The lowest BCUT2D eigenvalue weighted by atomic mass is 9.91. The number of hydrogen-bond donors (Lipinski definition) is 2. The zero-order valence-corrected chi connectivity index (χ0v) is 14.1. The highest BCUT2D eigenvalue weighted by molar-refractivity contribution is 5.89. The normalized spacial score (nSPS) is 13.0. The zero-order valence-electron chi connectivity index (χ0n) is 14.1. The first-order valence-corrected chi connectivity index (χ1v) is 8.57. The predicted molar refractivity (Wildman–Crippen MR) is 96.8 cm³/mol. The Morgan fingerprint density at radius 3 is 2.83 bits per heavy atom. The fourth-order valence-corrected chi connectivity index (χ4v) is 3.11. The van der Waals surface area contributed by atoms with Gasteiger partial charge in [0.15, 0.2) is 0 Å². The van der Waals surface area contributed by atoms with Crippen LogP contribution in [0.4, 0.5) is 10.5 Å². The van der Waals surface area contributed by atoms with Crippen LogP contribution in [-0.2, 0) is 12.8 Å². The van der Waals surface area contributed by atoms with Crippen LogP contribution in [0.3, 0.4) is 0 Å². The lowest BCUT2D eigenvalue weighted by Crippen LogP contribution is -2.32. The molecule has 0 saturated heterocycles. The lowest BCUT2D eigenvalue weighted by molar-refractivity contribution is 0.247. The Hall–Kier alpha value is -2.49. The van der Waals surface area contributed by atoms with E-state index >= 15 is 0 Å². The van der Waals surface area contributed by atoms with Crippen LogP contribution in [-0.4, -0.2) is 19.2 Å². The molecule has 0 heterocycles. The number of hydrogen-bond acceptors (Lipinski definition) is 2. The fraction of sp³-hybridized carbons (Fsp3) is 0.350. The average Bonchev–Trinajstić information content (AvgIpc) is 2.59. The van der Waals surface area contributed by atoms with Gasteiger partial charge in [-0.15, -0.1) is 0 Å². The number of aryl methyl sites for hydroxylation is 2. The number of fused-ring (bicyclic) bond motifs is 1. The molecule has 0 aromatic heterocycles. The average molecular weight is 324 g/mol. The molecule has 2 amide bonds. The number of benzene rings is 2. The molecule has 4 heteroatoms. The monoisotopic (exact) mass is 324 g/mol. The van der Waals surface area contributed by atoms with Gasteiger partial charge in [-0.1, -0.05) is 24.3 Å². The van der Waals surface area contributed by atoms with Gasteiger partial charge in [-0.25, -0.2) is 4.79 Å². The van der Waals surface area contributed by atoms with Crippen molar-refractivity contribution in [2.75, 3.05) is 18.5 Å². The summed E-state index contributed by atoms with van der Waals surface area (Å²) < 4.78 is 5.88. The summed E-state index contributed by atoms with van der Waals surface area (Å²) in [5.74, 6) is 0.966. The molecule has 0 aliphatic heterocycles. The Labute approximate surface area is 143 Å². The maximum absolute atomic E-state index is 11.9. The summed E-state index contributed by atoms with van der Waals surface area (Å²) in [5, 5.41) is 5.65. The zero-order chi connectivity index (χ0) is 16.8. The van der Waals surface area contributed by atoms with E-state index in [0.717, 1.165) is 29.8 Å². The summed E-state index contributed by atoms with van der Waals surface area (Å²) in [6.07, 6.45) is 4.72. The van der Waals surface area contributed by atoms with Crippen LogP contribution in [0.25, 0.3) is 0 Å². The number of carbonyl (C=O) groups is 1. The topological polar surface area (TPSA) is 50.4 Å². The van der Waals surface area contributed by atoms with Crippen molar-refractivity contribution in [2.45, 2.75) is 32.6 Å². The largest absolute Gasteiger partial charge is 0.491 e. The molecule has 0 radical (unpaired) electrons. The number of urea groups is 1. The third kappa shape index (κ3) is 4.28. The van der Waals surface area contributed by atoms with Crippen molar-refractivity contribution in [2.24, 2.45) is 0 Å². The quantitative estimate of drug-likeness (QED) is 0.814. The summed E-state index contributed by atoms with van der Waals surface area (Å²) >= 11 is 0. The highest BCUT2D eigenvalue weighted by atomic mass is 16.5. The van der Waals surface area contributed by atoms with Gasteiger partial charge >= 0.3 is 6.03 Å². The smallest absolute Gasteiger partial charge is 0.319 e. The van der Waals surface area contributed by atoms with Gasteiger partial charge in [-0.05, 0) is 67.5 Å². The lowest BCUT2D eigenvalue weighted by Gasteiger charge is -2.19. The Bertz CT molecular complexity index is 713. The third-order valence-corrected chi connectivity index (χ3v) is 4.27. The molecule has 1 aliphatic rings.